The van der Waals surface area contributed by atoms with Crippen LogP contribution in [0.3, 0.4) is 0 Å². The Bertz CT molecular complexity index is 161. The van der Waals surface area contributed by atoms with E-state index >= 15 is 0 Å². The number of Topliss-reactive ketones (excluding diaryl/α,β-unsaturated/α-hetero) is 2. The predicted molar refractivity (Wildman–Crippen MR) is 37.6 cm³/mol. The van der Waals surface area contributed by atoms with Gasteiger partial charge in [0.15, 0.2) is 11.6 Å². The normalized spacial score (nSPS) is 27.1. The van der Waals surface area contributed by atoms with Gasteiger partial charge in [0, 0.05) is 12.8 Å². The Labute approximate surface area is 60.6 Å². The van der Waals surface area contributed by atoms with E-state index in [2.05, 4.69) is 6.92 Å². The third kappa shape index (κ3) is 1.43. The molecule has 0 aromatic heterocycles. The van der Waals surface area contributed by atoms with Crippen LogP contribution in [-0.4, -0.2) is 11.6 Å². The first-order chi connectivity index (χ1) is 4.74. The second-order valence-corrected chi connectivity index (χ2v) is 2.86. The van der Waals surface area contributed by atoms with Gasteiger partial charge in [-0.1, -0.05) is 13.3 Å². The van der Waals surface area contributed by atoms with Crippen LogP contribution in [0.4, 0.5) is 0 Å². The van der Waals surface area contributed by atoms with Crippen molar-refractivity contribution in [2.75, 3.05) is 0 Å². The highest BCUT2D eigenvalue weighted by Gasteiger charge is 2.24. The van der Waals surface area contributed by atoms with Crippen LogP contribution in [-0.2, 0) is 9.59 Å². The molecule has 0 heterocycles. The quantitative estimate of drug-likeness (QED) is 0.515. The molecular weight excluding hydrogens is 128 g/mol. The van der Waals surface area contributed by atoms with E-state index < -0.39 is 0 Å². The van der Waals surface area contributed by atoms with Gasteiger partial charge in [0.1, 0.15) is 0 Å². The Morgan fingerprint density at radius 1 is 1.40 bits per heavy atom. The fourth-order valence-electron chi connectivity index (χ4n) is 1.30. The van der Waals surface area contributed by atoms with E-state index in [1.807, 2.05) is 0 Å². The molecule has 0 N–H and O–H groups in total. The molecule has 56 valence electrons. The van der Waals surface area contributed by atoms with Gasteiger partial charge < -0.3 is 0 Å². The highest BCUT2D eigenvalue weighted by molar-refractivity contribution is 6.37. The molecule has 2 heteroatoms. The molecular formula is C8H12O2. The van der Waals surface area contributed by atoms with Crippen molar-refractivity contribution in [3.63, 3.8) is 0 Å². The lowest BCUT2D eigenvalue weighted by atomic mass is 9.86. The molecule has 0 aromatic rings. The fraction of sp³-hybridized carbons (Fsp3) is 0.750. The molecule has 0 bridgehead atoms. The summed E-state index contributed by atoms with van der Waals surface area (Å²) < 4.78 is 0. The zero-order valence-electron chi connectivity index (χ0n) is 6.22. The average Bonchev–Trinajstić information content (AvgIpc) is 1.95. The van der Waals surface area contributed by atoms with Crippen LogP contribution in [0.25, 0.3) is 0 Å². The summed E-state index contributed by atoms with van der Waals surface area (Å²) in [4.78, 5) is 21.5. The van der Waals surface area contributed by atoms with Crippen LogP contribution in [0.5, 0.6) is 0 Å². The van der Waals surface area contributed by atoms with E-state index in [4.69, 9.17) is 0 Å². The summed E-state index contributed by atoms with van der Waals surface area (Å²) in [5.41, 5.74) is 0. The van der Waals surface area contributed by atoms with Crippen molar-refractivity contribution in [1.82, 2.24) is 0 Å². The Balaban J connectivity index is 2.48. The average molecular weight is 140 g/mol. The second kappa shape index (κ2) is 2.95. The highest BCUT2D eigenvalue weighted by Crippen LogP contribution is 2.21. The third-order valence-corrected chi connectivity index (χ3v) is 2.14. The molecule has 0 aliphatic heterocycles. The monoisotopic (exact) mass is 140 g/mol. The minimum absolute atomic E-state index is 0.155. The molecule has 0 aromatic carbocycles. The van der Waals surface area contributed by atoms with Crippen molar-refractivity contribution in [1.29, 1.82) is 0 Å². The van der Waals surface area contributed by atoms with Gasteiger partial charge in [0.25, 0.3) is 0 Å². The van der Waals surface area contributed by atoms with Gasteiger partial charge in [0.05, 0.1) is 0 Å². The SMILES string of the molecule is CCC1CCC(=O)C(=O)C1. The second-order valence-electron chi connectivity index (χ2n) is 2.86. The molecule has 1 rings (SSSR count). The van der Waals surface area contributed by atoms with Gasteiger partial charge in [-0.3, -0.25) is 9.59 Å². The molecule has 0 radical (unpaired) electrons. The van der Waals surface area contributed by atoms with E-state index in [0.29, 0.717) is 18.8 Å². The van der Waals surface area contributed by atoms with E-state index in [0.717, 1.165) is 12.8 Å². The van der Waals surface area contributed by atoms with Gasteiger partial charge in [0.2, 0.25) is 0 Å². The maximum absolute atomic E-state index is 10.8. The van der Waals surface area contributed by atoms with Crippen LogP contribution in [0.15, 0.2) is 0 Å². The number of hydrogen-bond acceptors (Lipinski definition) is 2. The number of carbonyl (C=O) groups excluding carboxylic acids is 2. The molecule has 1 aliphatic rings. The minimum atomic E-state index is -0.162. The predicted octanol–water partition coefficient (Wildman–Crippen LogP) is 1.33. The maximum atomic E-state index is 10.8. The van der Waals surface area contributed by atoms with Crippen molar-refractivity contribution in [2.24, 2.45) is 5.92 Å². The third-order valence-electron chi connectivity index (χ3n) is 2.14. The van der Waals surface area contributed by atoms with Crippen LogP contribution >= 0.6 is 0 Å². The van der Waals surface area contributed by atoms with Crippen LogP contribution in [0.2, 0.25) is 0 Å². The number of hydrogen-bond donors (Lipinski definition) is 0. The van der Waals surface area contributed by atoms with E-state index in [1.165, 1.54) is 0 Å². The van der Waals surface area contributed by atoms with Crippen molar-refractivity contribution in [3.8, 4) is 0 Å². The molecule has 1 unspecified atom stereocenters. The van der Waals surface area contributed by atoms with Crippen LogP contribution < -0.4 is 0 Å². The summed E-state index contributed by atoms with van der Waals surface area (Å²) in [7, 11) is 0. The Kier molecular flexibility index (Phi) is 2.20. The van der Waals surface area contributed by atoms with Crippen LogP contribution in [0, 0.1) is 5.92 Å². The standard InChI is InChI=1S/C8H12O2/c1-2-6-3-4-7(9)8(10)5-6/h6H,2-5H2,1H3. The lowest BCUT2D eigenvalue weighted by molar-refractivity contribution is -0.139. The summed E-state index contributed by atoms with van der Waals surface area (Å²) in [6.07, 6.45) is 2.92. The smallest absolute Gasteiger partial charge is 0.198 e. The van der Waals surface area contributed by atoms with Crippen molar-refractivity contribution < 1.29 is 9.59 Å². The largest absolute Gasteiger partial charge is 0.291 e. The van der Waals surface area contributed by atoms with E-state index in [-0.39, 0.29) is 11.6 Å². The molecule has 1 atom stereocenters. The van der Waals surface area contributed by atoms with E-state index in [1.54, 1.807) is 0 Å². The Hall–Kier alpha value is -0.660. The van der Waals surface area contributed by atoms with Gasteiger partial charge >= 0.3 is 0 Å². The molecule has 0 amide bonds. The Morgan fingerprint density at radius 2 is 2.10 bits per heavy atom. The van der Waals surface area contributed by atoms with E-state index in [9.17, 15) is 9.59 Å². The number of rotatable bonds is 1. The zero-order chi connectivity index (χ0) is 7.56. The number of carbonyl (C=O) groups is 2. The van der Waals surface area contributed by atoms with Gasteiger partial charge in [-0.25, -0.2) is 0 Å². The molecule has 0 saturated heterocycles. The van der Waals surface area contributed by atoms with Gasteiger partial charge in [-0.2, -0.15) is 0 Å². The zero-order valence-corrected chi connectivity index (χ0v) is 6.22. The van der Waals surface area contributed by atoms with Gasteiger partial charge in [-0.05, 0) is 12.3 Å². The van der Waals surface area contributed by atoms with Crippen molar-refractivity contribution in [3.05, 3.63) is 0 Å². The summed E-state index contributed by atoms with van der Waals surface area (Å²) in [6.45, 7) is 2.06. The molecule has 1 fully saturated rings. The summed E-state index contributed by atoms with van der Waals surface area (Å²) in [5, 5.41) is 0. The first kappa shape index (κ1) is 7.45. The first-order valence-electron chi connectivity index (χ1n) is 3.80. The minimum Gasteiger partial charge on any atom is -0.291 e. The molecule has 10 heavy (non-hydrogen) atoms. The van der Waals surface area contributed by atoms with Gasteiger partial charge in [-0.15, -0.1) is 0 Å². The highest BCUT2D eigenvalue weighted by atomic mass is 16.2. The molecule has 0 spiro atoms. The maximum Gasteiger partial charge on any atom is 0.198 e. The summed E-state index contributed by atoms with van der Waals surface area (Å²) >= 11 is 0. The van der Waals surface area contributed by atoms with Crippen molar-refractivity contribution in [2.45, 2.75) is 32.6 Å². The lowest BCUT2D eigenvalue weighted by Gasteiger charge is -2.17. The topological polar surface area (TPSA) is 34.1 Å². The number of ketones is 2. The molecule has 1 saturated carbocycles. The molecule has 2 nitrogen and oxygen atoms in total. The summed E-state index contributed by atoms with van der Waals surface area (Å²) in [5.74, 6) is 0.160. The molecule has 1 aliphatic carbocycles. The van der Waals surface area contributed by atoms with Crippen molar-refractivity contribution >= 4 is 11.6 Å². The first-order valence-corrected chi connectivity index (χ1v) is 3.80. The lowest BCUT2D eigenvalue weighted by Crippen LogP contribution is -2.24. The Morgan fingerprint density at radius 3 is 2.60 bits per heavy atom. The fourth-order valence-corrected chi connectivity index (χ4v) is 1.30. The summed E-state index contributed by atoms with van der Waals surface area (Å²) in [6, 6.07) is 0. The van der Waals surface area contributed by atoms with Crippen LogP contribution in [0.1, 0.15) is 32.6 Å².